The zero-order valence-electron chi connectivity index (χ0n) is 9.52. The quantitative estimate of drug-likeness (QED) is 0.775. The third kappa shape index (κ3) is 2.15. The number of ether oxygens (including phenoxy) is 1. The number of H-pyrrole nitrogens is 1. The predicted molar refractivity (Wildman–Crippen MR) is 59.7 cm³/mol. The van der Waals surface area contributed by atoms with Crippen LogP contribution in [0.25, 0.3) is 0 Å². The van der Waals surface area contributed by atoms with E-state index in [0.717, 1.165) is 12.8 Å². The Hall–Kier alpha value is -1.87. The fraction of sp³-hybridized carbons (Fsp3) is 0.545. The number of nitrogens with one attached hydrogen (secondary N) is 1. The molecule has 2 rings (SSSR count). The topological polar surface area (TPSA) is 87.9 Å². The van der Waals surface area contributed by atoms with E-state index >= 15 is 0 Å². The van der Waals surface area contributed by atoms with Gasteiger partial charge in [0.15, 0.2) is 0 Å². The fourth-order valence-corrected chi connectivity index (χ4v) is 2.02. The molecule has 1 aliphatic heterocycles. The van der Waals surface area contributed by atoms with Crippen molar-refractivity contribution in [1.82, 2.24) is 9.55 Å². The Balaban J connectivity index is 2.43. The van der Waals surface area contributed by atoms with Crippen molar-refractivity contribution in [3.05, 3.63) is 32.1 Å². The van der Waals surface area contributed by atoms with Gasteiger partial charge in [-0.1, -0.05) is 0 Å². The molecule has 6 nitrogen and oxygen atoms in total. The van der Waals surface area contributed by atoms with Crippen LogP contribution in [0, 0.1) is 18.3 Å². The maximum atomic E-state index is 11.7. The molecule has 1 atom stereocenters. The maximum absolute atomic E-state index is 11.7. The molecule has 90 valence electrons. The standard InChI is InChI=1S/C11H13N3O3/c1-7-9(5-12)10(15)13-11(16)14(7)6-8-3-2-4-17-8/h8H,2-4,6H2,1H3,(H,13,15,16). The summed E-state index contributed by atoms with van der Waals surface area (Å²) in [6, 6.07) is 1.81. The van der Waals surface area contributed by atoms with Crippen LogP contribution < -0.4 is 11.2 Å². The summed E-state index contributed by atoms with van der Waals surface area (Å²) in [7, 11) is 0. The van der Waals surface area contributed by atoms with Crippen LogP contribution in [-0.2, 0) is 11.3 Å². The molecule has 0 bridgehead atoms. The first-order chi connectivity index (χ1) is 8.13. The van der Waals surface area contributed by atoms with Crippen LogP contribution in [0.5, 0.6) is 0 Å². The second kappa shape index (κ2) is 4.55. The SMILES string of the molecule is Cc1c(C#N)c(=O)[nH]c(=O)n1CC1CCCO1. The van der Waals surface area contributed by atoms with Gasteiger partial charge in [-0.3, -0.25) is 14.3 Å². The van der Waals surface area contributed by atoms with Crippen molar-refractivity contribution in [2.45, 2.75) is 32.4 Å². The van der Waals surface area contributed by atoms with Crippen LogP contribution >= 0.6 is 0 Å². The molecule has 0 spiro atoms. The highest BCUT2D eigenvalue weighted by molar-refractivity contribution is 5.29. The molecule has 6 heteroatoms. The van der Waals surface area contributed by atoms with E-state index in [-0.39, 0.29) is 11.7 Å². The van der Waals surface area contributed by atoms with Gasteiger partial charge >= 0.3 is 5.69 Å². The van der Waals surface area contributed by atoms with Gasteiger partial charge in [-0.05, 0) is 19.8 Å². The molecule has 2 heterocycles. The lowest BCUT2D eigenvalue weighted by Crippen LogP contribution is -2.36. The molecule has 1 saturated heterocycles. The van der Waals surface area contributed by atoms with Gasteiger partial charge in [0, 0.05) is 12.3 Å². The highest BCUT2D eigenvalue weighted by Crippen LogP contribution is 2.14. The van der Waals surface area contributed by atoms with Crippen molar-refractivity contribution in [3.8, 4) is 6.07 Å². The molecule has 0 saturated carbocycles. The Bertz CT molecular complexity index is 573. The molecule has 1 aliphatic rings. The Morgan fingerprint density at radius 3 is 2.94 bits per heavy atom. The van der Waals surface area contributed by atoms with Crippen molar-refractivity contribution >= 4 is 0 Å². The summed E-state index contributed by atoms with van der Waals surface area (Å²) in [5.74, 6) is 0. The molecule has 1 aromatic heterocycles. The average Bonchev–Trinajstić information content (AvgIpc) is 2.77. The van der Waals surface area contributed by atoms with E-state index in [4.69, 9.17) is 10.00 Å². The monoisotopic (exact) mass is 235 g/mol. The number of nitrogens with zero attached hydrogens (tertiary/aromatic N) is 2. The van der Waals surface area contributed by atoms with Crippen LogP contribution in [0.1, 0.15) is 24.1 Å². The summed E-state index contributed by atoms with van der Waals surface area (Å²) in [5, 5.41) is 8.86. The first-order valence-corrected chi connectivity index (χ1v) is 5.49. The van der Waals surface area contributed by atoms with Gasteiger partial charge < -0.3 is 4.74 Å². The molecule has 1 N–H and O–H groups in total. The van der Waals surface area contributed by atoms with Crippen LogP contribution in [-0.4, -0.2) is 22.3 Å². The third-order valence-corrected chi connectivity index (χ3v) is 2.98. The van der Waals surface area contributed by atoms with Gasteiger partial charge in [0.25, 0.3) is 5.56 Å². The number of nitriles is 1. The second-order valence-electron chi connectivity index (χ2n) is 4.08. The van der Waals surface area contributed by atoms with E-state index in [9.17, 15) is 9.59 Å². The highest BCUT2D eigenvalue weighted by Gasteiger charge is 2.19. The molecular weight excluding hydrogens is 222 g/mol. The lowest BCUT2D eigenvalue weighted by atomic mass is 10.2. The van der Waals surface area contributed by atoms with E-state index in [1.165, 1.54) is 4.57 Å². The number of rotatable bonds is 2. The van der Waals surface area contributed by atoms with Crippen molar-refractivity contribution < 1.29 is 4.74 Å². The van der Waals surface area contributed by atoms with Gasteiger partial charge in [-0.25, -0.2) is 4.79 Å². The summed E-state index contributed by atoms with van der Waals surface area (Å²) < 4.78 is 6.83. The zero-order valence-corrected chi connectivity index (χ0v) is 9.52. The average molecular weight is 235 g/mol. The largest absolute Gasteiger partial charge is 0.376 e. The van der Waals surface area contributed by atoms with Crippen LogP contribution in [0.2, 0.25) is 0 Å². The summed E-state index contributed by atoms with van der Waals surface area (Å²) in [6.45, 7) is 2.69. The highest BCUT2D eigenvalue weighted by atomic mass is 16.5. The summed E-state index contributed by atoms with van der Waals surface area (Å²) in [6.07, 6.45) is 1.86. The lowest BCUT2D eigenvalue weighted by molar-refractivity contribution is 0.0952. The number of hydrogen-bond acceptors (Lipinski definition) is 4. The summed E-state index contributed by atoms with van der Waals surface area (Å²) in [4.78, 5) is 25.2. The minimum absolute atomic E-state index is 0.0103. The zero-order chi connectivity index (χ0) is 12.4. The maximum Gasteiger partial charge on any atom is 0.328 e. The Kier molecular flexibility index (Phi) is 3.11. The molecule has 17 heavy (non-hydrogen) atoms. The van der Waals surface area contributed by atoms with Gasteiger partial charge in [0.2, 0.25) is 0 Å². The lowest BCUT2D eigenvalue weighted by Gasteiger charge is -2.14. The first kappa shape index (κ1) is 11.6. The molecule has 1 fully saturated rings. The van der Waals surface area contributed by atoms with E-state index in [0.29, 0.717) is 18.8 Å². The van der Waals surface area contributed by atoms with E-state index < -0.39 is 11.2 Å². The molecule has 0 radical (unpaired) electrons. The summed E-state index contributed by atoms with van der Waals surface area (Å²) in [5.41, 5.74) is -0.722. The molecule has 0 amide bonds. The van der Waals surface area contributed by atoms with Crippen LogP contribution in [0.15, 0.2) is 9.59 Å². The molecule has 0 aromatic carbocycles. The van der Waals surface area contributed by atoms with Gasteiger partial charge in [-0.2, -0.15) is 5.26 Å². The first-order valence-electron chi connectivity index (χ1n) is 5.49. The normalized spacial score (nSPS) is 19.2. The Labute approximate surface area is 97.5 Å². The van der Waals surface area contributed by atoms with E-state index in [2.05, 4.69) is 4.98 Å². The van der Waals surface area contributed by atoms with E-state index in [1.54, 1.807) is 6.92 Å². The van der Waals surface area contributed by atoms with Gasteiger partial charge in [0.05, 0.1) is 12.6 Å². The Morgan fingerprint density at radius 2 is 2.35 bits per heavy atom. The number of aromatic nitrogens is 2. The minimum atomic E-state index is -0.626. The minimum Gasteiger partial charge on any atom is -0.376 e. The van der Waals surface area contributed by atoms with Gasteiger partial charge in [-0.15, -0.1) is 0 Å². The second-order valence-corrected chi connectivity index (χ2v) is 4.08. The fourth-order valence-electron chi connectivity index (χ4n) is 2.02. The van der Waals surface area contributed by atoms with Gasteiger partial charge in [0.1, 0.15) is 11.6 Å². The molecule has 1 unspecified atom stereocenters. The van der Waals surface area contributed by atoms with Crippen LogP contribution in [0.4, 0.5) is 0 Å². The van der Waals surface area contributed by atoms with Crippen molar-refractivity contribution in [2.75, 3.05) is 6.61 Å². The van der Waals surface area contributed by atoms with Crippen molar-refractivity contribution in [3.63, 3.8) is 0 Å². The molecule has 1 aromatic rings. The molecular formula is C11H13N3O3. The number of hydrogen-bond donors (Lipinski definition) is 1. The third-order valence-electron chi connectivity index (χ3n) is 2.98. The number of aromatic amines is 1. The van der Waals surface area contributed by atoms with Crippen molar-refractivity contribution in [2.24, 2.45) is 0 Å². The van der Waals surface area contributed by atoms with E-state index in [1.807, 2.05) is 6.07 Å². The molecule has 0 aliphatic carbocycles. The smallest absolute Gasteiger partial charge is 0.328 e. The van der Waals surface area contributed by atoms with Crippen molar-refractivity contribution in [1.29, 1.82) is 5.26 Å². The van der Waals surface area contributed by atoms with Crippen LogP contribution in [0.3, 0.4) is 0 Å². The Morgan fingerprint density at radius 1 is 1.59 bits per heavy atom. The summed E-state index contributed by atoms with van der Waals surface area (Å²) >= 11 is 0. The predicted octanol–water partition coefficient (Wildman–Crippen LogP) is -0.104.